The lowest BCUT2D eigenvalue weighted by atomic mass is 10.2. The second kappa shape index (κ2) is 4.42. The van der Waals surface area contributed by atoms with Gasteiger partial charge in [0.1, 0.15) is 5.69 Å². The molecule has 0 atom stereocenters. The van der Waals surface area contributed by atoms with E-state index in [0.29, 0.717) is 6.07 Å². The van der Waals surface area contributed by atoms with E-state index in [2.05, 4.69) is 9.72 Å². The predicted molar refractivity (Wildman–Crippen MR) is 45.5 cm³/mol. The van der Waals surface area contributed by atoms with E-state index in [0.717, 1.165) is 6.07 Å². The van der Waals surface area contributed by atoms with Crippen LogP contribution in [0.5, 0.6) is 5.88 Å². The summed E-state index contributed by atoms with van der Waals surface area (Å²) in [6.07, 6.45) is -9.34. The van der Waals surface area contributed by atoms with E-state index in [9.17, 15) is 26.3 Å². The van der Waals surface area contributed by atoms with Crippen LogP contribution in [0.15, 0.2) is 12.1 Å². The van der Waals surface area contributed by atoms with E-state index in [-0.39, 0.29) is 5.56 Å². The topological polar surface area (TPSA) is 22.1 Å². The first-order valence-corrected chi connectivity index (χ1v) is 4.34. The van der Waals surface area contributed by atoms with E-state index in [1.165, 1.54) is 6.92 Å². The minimum Gasteiger partial charge on any atom is -0.468 e. The maximum absolute atomic E-state index is 12.2. The second-order valence-corrected chi connectivity index (χ2v) is 3.22. The minimum absolute atomic E-state index is 0.0993. The molecule has 0 spiro atoms. The van der Waals surface area contributed by atoms with Crippen molar-refractivity contribution in [3.8, 4) is 5.88 Å². The van der Waals surface area contributed by atoms with Gasteiger partial charge in [0.15, 0.2) is 6.61 Å². The van der Waals surface area contributed by atoms with Crippen molar-refractivity contribution >= 4 is 0 Å². The molecule has 0 amide bonds. The average Bonchev–Trinajstić information content (AvgIpc) is 2.13. The van der Waals surface area contributed by atoms with E-state index in [1.54, 1.807) is 0 Å². The van der Waals surface area contributed by atoms with Crippen molar-refractivity contribution < 1.29 is 31.1 Å². The van der Waals surface area contributed by atoms with Crippen molar-refractivity contribution in [3.63, 3.8) is 0 Å². The van der Waals surface area contributed by atoms with Gasteiger partial charge in [-0.25, -0.2) is 4.98 Å². The van der Waals surface area contributed by atoms with Gasteiger partial charge >= 0.3 is 12.4 Å². The summed E-state index contributed by atoms with van der Waals surface area (Å²) in [5.41, 5.74) is -1.19. The quantitative estimate of drug-likeness (QED) is 0.760. The lowest BCUT2D eigenvalue weighted by Crippen LogP contribution is -2.20. The third kappa shape index (κ3) is 4.12. The van der Waals surface area contributed by atoms with Crippen LogP contribution in [0.2, 0.25) is 0 Å². The Balaban J connectivity index is 2.92. The van der Waals surface area contributed by atoms with Crippen molar-refractivity contribution in [1.29, 1.82) is 0 Å². The zero-order chi connectivity index (χ0) is 13.3. The van der Waals surface area contributed by atoms with Crippen LogP contribution in [-0.2, 0) is 6.18 Å². The Hall–Kier alpha value is -1.47. The molecule has 0 unspecified atom stereocenters. The number of aryl methyl sites for hydroxylation is 1. The first-order chi connectivity index (χ1) is 7.59. The number of ether oxygens (including phenoxy) is 1. The molecule has 1 aromatic rings. The summed E-state index contributed by atoms with van der Waals surface area (Å²) >= 11 is 0. The summed E-state index contributed by atoms with van der Waals surface area (Å²) < 4.78 is 76.4. The van der Waals surface area contributed by atoms with Crippen LogP contribution in [0.1, 0.15) is 11.3 Å². The number of hydrogen-bond donors (Lipinski definition) is 0. The molecule has 96 valence electrons. The molecule has 1 aromatic heterocycles. The van der Waals surface area contributed by atoms with Crippen molar-refractivity contribution in [3.05, 3.63) is 23.4 Å². The highest BCUT2D eigenvalue weighted by Crippen LogP contribution is 2.30. The number of pyridine rings is 1. The van der Waals surface area contributed by atoms with Crippen LogP contribution < -0.4 is 4.74 Å². The summed E-state index contributed by atoms with van der Waals surface area (Å²) in [6, 6.07) is 1.68. The van der Waals surface area contributed by atoms with Crippen molar-refractivity contribution in [2.45, 2.75) is 19.3 Å². The molecule has 1 heterocycles. The van der Waals surface area contributed by atoms with Gasteiger partial charge in [0.2, 0.25) is 5.88 Å². The van der Waals surface area contributed by atoms with E-state index in [1.807, 2.05) is 0 Å². The van der Waals surface area contributed by atoms with Crippen molar-refractivity contribution in [2.24, 2.45) is 0 Å². The van der Waals surface area contributed by atoms with Crippen molar-refractivity contribution in [1.82, 2.24) is 4.98 Å². The number of alkyl halides is 6. The van der Waals surface area contributed by atoms with Gasteiger partial charge in [0.25, 0.3) is 0 Å². The van der Waals surface area contributed by atoms with E-state index in [4.69, 9.17) is 0 Å². The summed E-state index contributed by atoms with van der Waals surface area (Å²) in [5.74, 6) is -0.669. The van der Waals surface area contributed by atoms with Gasteiger partial charge in [-0.05, 0) is 13.0 Å². The number of hydrogen-bond acceptors (Lipinski definition) is 2. The van der Waals surface area contributed by atoms with Gasteiger partial charge in [-0.15, -0.1) is 0 Å². The number of halogens is 6. The molecule has 0 saturated heterocycles. The molecule has 0 radical (unpaired) electrons. The lowest BCUT2D eigenvalue weighted by Gasteiger charge is -2.12. The van der Waals surface area contributed by atoms with Gasteiger partial charge in [0, 0.05) is 5.56 Å². The lowest BCUT2D eigenvalue weighted by molar-refractivity contribution is -0.154. The molecule has 17 heavy (non-hydrogen) atoms. The van der Waals surface area contributed by atoms with Crippen molar-refractivity contribution in [2.75, 3.05) is 6.61 Å². The summed E-state index contributed by atoms with van der Waals surface area (Å²) in [7, 11) is 0. The Morgan fingerprint density at radius 1 is 1.12 bits per heavy atom. The fraction of sp³-hybridized carbons (Fsp3) is 0.444. The van der Waals surface area contributed by atoms with Gasteiger partial charge in [-0.3, -0.25) is 0 Å². The van der Waals surface area contributed by atoms with Crippen LogP contribution in [0.4, 0.5) is 26.3 Å². The van der Waals surface area contributed by atoms with Crippen LogP contribution in [0.3, 0.4) is 0 Å². The Kier molecular flexibility index (Phi) is 3.53. The minimum atomic E-state index is -4.72. The highest BCUT2D eigenvalue weighted by Gasteiger charge is 2.34. The molecule has 0 aliphatic carbocycles. The monoisotopic (exact) mass is 259 g/mol. The van der Waals surface area contributed by atoms with E-state index >= 15 is 0 Å². The third-order valence-corrected chi connectivity index (χ3v) is 1.71. The van der Waals surface area contributed by atoms with Crippen LogP contribution in [0, 0.1) is 6.92 Å². The average molecular weight is 259 g/mol. The van der Waals surface area contributed by atoms with Gasteiger partial charge < -0.3 is 4.74 Å². The normalized spacial score (nSPS) is 12.6. The number of rotatable bonds is 2. The fourth-order valence-electron chi connectivity index (χ4n) is 0.964. The Morgan fingerprint density at radius 2 is 1.71 bits per heavy atom. The maximum atomic E-state index is 12.2. The van der Waals surface area contributed by atoms with Gasteiger partial charge in [-0.1, -0.05) is 6.07 Å². The number of aromatic nitrogens is 1. The molecule has 8 heteroatoms. The smallest absolute Gasteiger partial charge is 0.433 e. The Morgan fingerprint density at radius 3 is 2.18 bits per heavy atom. The molecule has 0 aromatic carbocycles. The van der Waals surface area contributed by atoms with Crippen LogP contribution >= 0.6 is 0 Å². The summed E-state index contributed by atoms with van der Waals surface area (Å²) in [4.78, 5) is 3.00. The molecule has 0 aliphatic rings. The zero-order valence-electron chi connectivity index (χ0n) is 8.49. The molecule has 1 rings (SSSR count). The molecule has 0 bridgehead atoms. The largest absolute Gasteiger partial charge is 0.468 e. The third-order valence-electron chi connectivity index (χ3n) is 1.71. The molecule has 2 nitrogen and oxygen atoms in total. The highest BCUT2D eigenvalue weighted by molar-refractivity contribution is 5.27. The summed E-state index contributed by atoms with van der Waals surface area (Å²) in [6.45, 7) is -0.374. The van der Waals surface area contributed by atoms with Gasteiger partial charge in [-0.2, -0.15) is 26.3 Å². The van der Waals surface area contributed by atoms with Gasteiger partial charge in [0.05, 0.1) is 0 Å². The zero-order valence-corrected chi connectivity index (χ0v) is 8.49. The van der Waals surface area contributed by atoms with Crippen LogP contribution in [-0.4, -0.2) is 17.8 Å². The molecular formula is C9H7F6NO. The van der Waals surface area contributed by atoms with E-state index < -0.39 is 30.5 Å². The molecule has 0 saturated carbocycles. The second-order valence-electron chi connectivity index (χ2n) is 3.22. The fourth-order valence-corrected chi connectivity index (χ4v) is 0.964. The molecule has 0 aliphatic heterocycles. The molecule has 0 N–H and O–H groups in total. The summed E-state index contributed by atoms with van der Waals surface area (Å²) in [5, 5.41) is 0. The standard InChI is InChI=1S/C9H7F6NO/c1-5-2-3-6(9(13,14)15)16-7(5)17-4-8(10,11)12/h2-3H,4H2,1H3. The predicted octanol–water partition coefficient (Wildman–Crippen LogP) is 3.35. The first kappa shape index (κ1) is 13.6. The number of nitrogens with zero attached hydrogens (tertiary/aromatic N) is 1. The molecule has 0 fully saturated rings. The first-order valence-electron chi connectivity index (χ1n) is 4.34. The SMILES string of the molecule is Cc1ccc(C(F)(F)F)nc1OCC(F)(F)F. The maximum Gasteiger partial charge on any atom is 0.433 e. The Bertz CT molecular complexity index is 397. The Labute approximate surface area is 92.2 Å². The van der Waals surface area contributed by atoms with Crippen LogP contribution in [0.25, 0.3) is 0 Å². The molecular weight excluding hydrogens is 252 g/mol. The highest BCUT2D eigenvalue weighted by atomic mass is 19.4.